The quantitative estimate of drug-likeness (QED) is 0.369. The van der Waals surface area contributed by atoms with Gasteiger partial charge in [0, 0.05) is 29.3 Å². The topological polar surface area (TPSA) is 117 Å². The Kier molecular flexibility index (Phi) is 5.78. The number of nitro groups is 1. The van der Waals surface area contributed by atoms with Crippen LogP contribution in [0.1, 0.15) is 44.2 Å². The molecule has 2 heterocycles. The molecule has 0 bridgehead atoms. The van der Waals surface area contributed by atoms with Gasteiger partial charge in [0.25, 0.3) is 5.69 Å². The van der Waals surface area contributed by atoms with Crippen LogP contribution in [-0.4, -0.2) is 23.5 Å². The van der Waals surface area contributed by atoms with Crippen LogP contribution in [-0.2, 0) is 20.9 Å². The van der Waals surface area contributed by atoms with Crippen LogP contribution in [0.2, 0.25) is 0 Å². The van der Waals surface area contributed by atoms with Crippen molar-refractivity contribution in [3.8, 4) is 11.5 Å². The highest BCUT2D eigenvalue weighted by atomic mass is 16.7. The van der Waals surface area contributed by atoms with Gasteiger partial charge in [0.15, 0.2) is 11.5 Å². The average Bonchev–Trinajstić information content (AvgIpc) is 3.28. The summed E-state index contributed by atoms with van der Waals surface area (Å²) in [5.41, 5.74) is 1.67. The van der Waals surface area contributed by atoms with Crippen LogP contribution in [0.5, 0.6) is 11.5 Å². The molecule has 1 N–H and O–H groups in total. The van der Waals surface area contributed by atoms with Crippen molar-refractivity contribution in [2.75, 3.05) is 6.79 Å². The lowest BCUT2D eigenvalue weighted by molar-refractivity contribution is -0.385. The van der Waals surface area contributed by atoms with E-state index in [0.29, 0.717) is 17.1 Å². The summed E-state index contributed by atoms with van der Waals surface area (Å²) in [5.74, 6) is -1.90. The Balaban J connectivity index is 1.65. The largest absolute Gasteiger partial charge is 0.457 e. The zero-order valence-electron chi connectivity index (χ0n) is 20.2. The fraction of sp³-hybridized carbons (Fsp3) is 0.333. The van der Waals surface area contributed by atoms with Crippen LogP contribution >= 0.6 is 0 Å². The second-order valence-electron chi connectivity index (χ2n) is 9.93. The van der Waals surface area contributed by atoms with E-state index in [1.165, 1.54) is 12.1 Å². The molecule has 9 nitrogen and oxygen atoms in total. The molecule has 36 heavy (non-hydrogen) atoms. The van der Waals surface area contributed by atoms with E-state index in [9.17, 15) is 19.7 Å². The molecule has 0 saturated carbocycles. The summed E-state index contributed by atoms with van der Waals surface area (Å²) in [6.45, 7) is 5.59. The molecular formula is C27H26N2O7. The minimum atomic E-state index is -0.931. The molecule has 0 amide bonds. The zero-order chi connectivity index (χ0) is 25.6. The lowest BCUT2D eigenvalue weighted by Gasteiger charge is -2.41. The molecule has 0 radical (unpaired) electrons. The van der Waals surface area contributed by atoms with E-state index < -0.39 is 28.1 Å². The van der Waals surface area contributed by atoms with Crippen LogP contribution < -0.4 is 14.8 Å². The Hall–Kier alpha value is -4.14. The summed E-state index contributed by atoms with van der Waals surface area (Å²) < 4.78 is 16.5. The first kappa shape index (κ1) is 23.6. The summed E-state index contributed by atoms with van der Waals surface area (Å²) >= 11 is 0. The van der Waals surface area contributed by atoms with E-state index >= 15 is 0 Å². The molecule has 5 rings (SSSR count). The Morgan fingerprint density at radius 1 is 1.17 bits per heavy atom. The lowest BCUT2D eigenvalue weighted by atomic mass is 9.66. The summed E-state index contributed by atoms with van der Waals surface area (Å²) in [6.07, 6.45) is 2.21. The minimum Gasteiger partial charge on any atom is -0.457 e. The van der Waals surface area contributed by atoms with E-state index in [2.05, 4.69) is 5.32 Å². The van der Waals surface area contributed by atoms with Gasteiger partial charge in [0.05, 0.1) is 22.5 Å². The number of Topliss-reactive ketones (excluding diaryl/α,β-unsaturated/α-hetero) is 1. The maximum atomic E-state index is 13.5. The van der Waals surface area contributed by atoms with Gasteiger partial charge in [-0.1, -0.05) is 50.3 Å². The van der Waals surface area contributed by atoms with Crippen LogP contribution in [0.4, 0.5) is 5.69 Å². The van der Waals surface area contributed by atoms with Crippen LogP contribution in [0.15, 0.2) is 65.5 Å². The number of ether oxygens (including phenoxy) is 3. The van der Waals surface area contributed by atoms with E-state index in [1.54, 1.807) is 6.92 Å². The minimum absolute atomic E-state index is 0.0285. The molecule has 2 aliphatic heterocycles. The predicted octanol–water partition coefficient (Wildman–Crippen LogP) is 4.53. The van der Waals surface area contributed by atoms with Gasteiger partial charge < -0.3 is 19.5 Å². The second-order valence-corrected chi connectivity index (χ2v) is 9.93. The number of carbonyl (C=O) groups is 2. The first-order valence-electron chi connectivity index (χ1n) is 11.7. The van der Waals surface area contributed by atoms with E-state index in [4.69, 9.17) is 14.2 Å². The van der Waals surface area contributed by atoms with E-state index in [-0.39, 0.29) is 48.2 Å². The molecule has 2 aromatic rings. The third-order valence-electron chi connectivity index (χ3n) is 6.72. The molecule has 0 aromatic heterocycles. The first-order chi connectivity index (χ1) is 17.1. The molecule has 0 saturated heterocycles. The van der Waals surface area contributed by atoms with Gasteiger partial charge in [-0.2, -0.15) is 0 Å². The fourth-order valence-electron chi connectivity index (χ4n) is 5.23. The Bertz CT molecular complexity index is 1330. The number of allylic oxidation sites excluding steroid dienone is 3. The first-order valence-corrected chi connectivity index (χ1v) is 11.7. The van der Waals surface area contributed by atoms with Crippen LogP contribution in [0, 0.1) is 21.4 Å². The highest BCUT2D eigenvalue weighted by Gasteiger charge is 2.48. The van der Waals surface area contributed by atoms with Gasteiger partial charge in [-0.05, 0) is 24.0 Å². The number of hydrogen-bond acceptors (Lipinski definition) is 8. The molecule has 2 atom stereocenters. The normalized spacial score (nSPS) is 21.9. The number of esters is 1. The fourth-order valence-corrected chi connectivity index (χ4v) is 5.23. The second kappa shape index (κ2) is 8.82. The number of fused-ring (bicyclic) bond motifs is 2. The van der Waals surface area contributed by atoms with E-state index in [1.807, 2.05) is 50.3 Å². The van der Waals surface area contributed by atoms with Gasteiger partial charge in [0.1, 0.15) is 12.4 Å². The number of hydrogen-bond donors (Lipinski definition) is 1. The van der Waals surface area contributed by atoms with Crippen molar-refractivity contribution in [3.63, 3.8) is 0 Å². The van der Waals surface area contributed by atoms with Crippen LogP contribution in [0.3, 0.4) is 0 Å². The summed E-state index contributed by atoms with van der Waals surface area (Å²) in [4.78, 5) is 38.6. The van der Waals surface area contributed by atoms with Gasteiger partial charge >= 0.3 is 5.97 Å². The van der Waals surface area contributed by atoms with Crippen molar-refractivity contribution in [3.05, 3.63) is 86.7 Å². The molecule has 0 spiro atoms. The van der Waals surface area contributed by atoms with Crippen molar-refractivity contribution in [1.82, 2.24) is 5.32 Å². The zero-order valence-corrected chi connectivity index (χ0v) is 20.2. The smallest absolute Gasteiger partial charge is 0.336 e. The number of carbonyl (C=O) groups excluding carboxylic acids is 2. The van der Waals surface area contributed by atoms with Crippen molar-refractivity contribution >= 4 is 17.4 Å². The third kappa shape index (κ3) is 4.21. The number of nitrogens with zero attached hydrogens (tertiary/aromatic N) is 1. The molecule has 0 fully saturated rings. The lowest BCUT2D eigenvalue weighted by Crippen LogP contribution is -2.43. The molecule has 2 unspecified atom stereocenters. The number of benzene rings is 2. The molecular weight excluding hydrogens is 464 g/mol. The standard InChI is InChI=1S/C27H26N2O7/c1-15-23(26(31)34-13-16-7-5-4-6-8-16)24(25-18(28-15)11-27(2,3)12-20(25)30)17-9-21-22(36-14-35-21)10-19(17)29(32)33/h4-11,24-25,28H,12-14H2,1-3H3. The number of ketones is 1. The summed E-state index contributed by atoms with van der Waals surface area (Å²) in [7, 11) is 0. The number of rotatable bonds is 5. The summed E-state index contributed by atoms with van der Waals surface area (Å²) in [5, 5.41) is 15.4. The SMILES string of the molecule is CC1=C(C(=O)OCc2ccccc2)C(c2cc3c(cc2[N+](=O)[O-])OCO3)C2C(=O)CC(C)(C)C=C2N1. The highest BCUT2D eigenvalue weighted by molar-refractivity contribution is 5.96. The van der Waals surface area contributed by atoms with Gasteiger partial charge in [-0.3, -0.25) is 14.9 Å². The number of nitrogens with one attached hydrogen (secondary N) is 1. The molecule has 9 heteroatoms. The molecule has 3 aliphatic rings. The highest BCUT2D eigenvalue weighted by Crippen LogP contribution is 2.51. The van der Waals surface area contributed by atoms with Gasteiger partial charge in [-0.15, -0.1) is 0 Å². The maximum Gasteiger partial charge on any atom is 0.336 e. The Labute approximate surface area is 207 Å². The number of nitro benzene ring substituents is 1. The van der Waals surface area contributed by atoms with Crippen molar-refractivity contribution in [2.45, 2.75) is 39.7 Å². The van der Waals surface area contributed by atoms with Crippen LogP contribution in [0.25, 0.3) is 0 Å². The predicted molar refractivity (Wildman–Crippen MR) is 129 cm³/mol. The molecule has 186 valence electrons. The Morgan fingerprint density at radius 2 is 1.86 bits per heavy atom. The van der Waals surface area contributed by atoms with Crippen molar-refractivity contribution < 1.29 is 28.7 Å². The van der Waals surface area contributed by atoms with Gasteiger partial charge in [0.2, 0.25) is 6.79 Å². The monoisotopic (exact) mass is 490 g/mol. The van der Waals surface area contributed by atoms with Crippen molar-refractivity contribution in [2.24, 2.45) is 11.3 Å². The maximum absolute atomic E-state index is 13.5. The average molecular weight is 491 g/mol. The molecule has 1 aliphatic carbocycles. The van der Waals surface area contributed by atoms with Crippen molar-refractivity contribution in [1.29, 1.82) is 0 Å². The third-order valence-corrected chi connectivity index (χ3v) is 6.72. The summed E-state index contributed by atoms with van der Waals surface area (Å²) in [6, 6.07) is 12.0. The van der Waals surface area contributed by atoms with Gasteiger partial charge in [-0.25, -0.2) is 4.79 Å². The molecule has 2 aromatic carbocycles. The van der Waals surface area contributed by atoms with E-state index in [0.717, 1.165) is 5.56 Å². The Morgan fingerprint density at radius 3 is 2.56 bits per heavy atom.